The number of benzene rings is 1. The van der Waals surface area contributed by atoms with Gasteiger partial charge in [0, 0.05) is 22.0 Å². The highest BCUT2D eigenvalue weighted by molar-refractivity contribution is 7.84. The van der Waals surface area contributed by atoms with Gasteiger partial charge in [-0.2, -0.15) is 8.78 Å². The largest absolute Gasteiger partial charge is 0.541 e. The third kappa shape index (κ3) is 2.99. The molecule has 1 atom stereocenters. The predicted octanol–water partition coefficient (Wildman–Crippen LogP) is 0.145. The summed E-state index contributed by atoms with van der Waals surface area (Å²) in [5.41, 5.74) is 0. The summed E-state index contributed by atoms with van der Waals surface area (Å²) in [7, 11) is -1.24. The van der Waals surface area contributed by atoms with Crippen LogP contribution < -0.4 is 9.84 Å². The highest BCUT2D eigenvalue weighted by atomic mass is 32.2. The number of carboxylic acid groups (broad SMARTS) is 1. The summed E-state index contributed by atoms with van der Waals surface area (Å²) < 4.78 is 40.0. The second kappa shape index (κ2) is 4.56. The van der Waals surface area contributed by atoms with Crippen LogP contribution in [0.2, 0.25) is 0 Å². The molecule has 16 heavy (non-hydrogen) atoms. The van der Waals surface area contributed by atoms with Crippen molar-refractivity contribution in [2.24, 2.45) is 0 Å². The highest BCUT2D eigenvalue weighted by Crippen LogP contribution is 2.22. The van der Waals surface area contributed by atoms with Gasteiger partial charge in [0.1, 0.15) is 5.75 Å². The van der Waals surface area contributed by atoms with Gasteiger partial charge in [-0.25, -0.2) is 0 Å². The van der Waals surface area contributed by atoms with Crippen molar-refractivity contribution in [2.75, 3.05) is 6.26 Å². The number of rotatable bonds is 4. The first kappa shape index (κ1) is 12.6. The number of aliphatic carboxylic acids is 1. The fourth-order valence-corrected chi connectivity index (χ4v) is 1.41. The minimum Gasteiger partial charge on any atom is -0.541 e. The van der Waals surface area contributed by atoms with E-state index in [0.717, 1.165) is 12.1 Å². The lowest BCUT2D eigenvalue weighted by Crippen LogP contribution is -2.45. The topological polar surface area (TPSA) is 66.4 Å². The highest BCUT2D eigenvalue weighted by Gasteiger charge is 2.33. The van der Waals surface area contributed by atoms with E-state index >= 15 is 0 Å². The Morgan fingerprint density at radius 2 is 1.88 bits per heavy atom. The molecule has 0 saturated heterocycles. The first-order valence-corrected chi connectivity index (χ1v) is 5.60. The maximum atomic E-state index is 12.5. The molecule has 0 bridgehead atoms. The first-order chi connectivity index (χ1) is 7.33. The molecular formula is C9H7F2O4S-. The van der Waals surface area contributed by atoms with Crippen LogP contribution in [0.1, 0.15) is 0 Å². The molecule has 0 N–H and O–H groups in total. The zero-order valence-corrected chi connectivity index (χ0v) is 8.92. The van der Waals surface area contributed by atoms with Crippen molar-refractivity contribution in [2.45, 2.75) is 11.0 Å². The van der Waals surface area contributed by atoms with Gasteiger partial charge in [0.05, 0.1) is 0 Å². The Morgan fingerprint density at radius 3 is 2.25 bits per heavy atom. The van der Waals surface area contributed by atoms with Crippen LogP contribution in [0.25, 0.3) is 0 Å². The van der Waals surface area contributed by atoms with Gasteiger partial charge in [0.15, 0.2) is 5.97 Å². The smallest absolute Gasteiger partial charge is 0.441 e. The molecule has 4 nitrogen and oxygen atoms in total. The van der Waals surface area contributed by atoms with Gasteiger partial charge in [-0.15, -0.1) is 0 Å². The van der Waals surface area contributed by atoms with Crippen LogP contribution in [0.4, 0.5) is 8.78 Å². The zero-order chi connectivity index (χ0) is 12.3. The summed E-state index contributed by atoms with van der Waals surface area (Å²) in [5, 5.41) is 9.97. The van der Waals surface area contributed by atoms with Gasteiger partial charge in [0.2, 0.25) is 0 Å². The van der Waals surface area contributed by atoms with E-state index in [1.807, 2.05) is 0 Å². The number of hydrogen-bond acceptors (Lipinski definition) is 4. The van der Waals surface area contributed by atoms with Crippen molar-refractivity contribution < 1.29 is 27.6 Å². The fraction of sp³-hybridized carbons (Fsp3) is 0.222. The summed E-state index contributed by atoms with van der Waals surface area (Å²) in [6.45, 7) is 0. The molecule has 0 aliphatic rings. The fourth-order valence-electron chi connectivity index (χ4n) is 0.889. The van der Waals surface area contributed by atoms with E-state index in [2.05, 4.69) is 4.74 Å². The van der Waals surface area contributed by atoms with Crippen molar-refractivity contribution in [3.63, 3.8) is 0 Å². The molecule has 0 fully saturated rings. The molecule has 7 heteroatoms. The van der Waals surface area contributed by atoms with E-state index in [9.17, 15) is 22.9 Å². The molecule has 0 aliphatic carbocycles. The number of carbonyl (C=O) groups is 1. The van der Waals surface area contributed by atoms with Gasteiger partial charge in [0.25, 0.3) is 0 Å². The van der Waals surface area contributed by atoms with Crippen LogP contribution in [0.3, 0.4) is 0 Å². The molecule has 0 radical (unpaired) electrons. The molecule has 0 saturated carbocycles. The quantitative estimate of drug-likeness (QED) is 0.761. The van der Waals surface area contributed by atoms with E-state index in [1.165, 1.54) is 18.4 Å². The summed E-state index contributed by atoms with van der Waals surface area (Å²) in [6, 6.07) is 4.81. The first-order valence-electron chi connectivity index (χ1n) is 4.04. The SMILES string of the molecule is CS(=O)c1ccc(OC(F)(F)C(=O)[O-])cc1. The lowest BCUT2D eigenvalue weighted by molar-refractivity contribution is -0.350. The molecule has 0 aromatic heterocycles. The predicted molar refractivity (Wildman–Crippen MR) is 49.4 cm³/mol. The van der Waals surface area contributed by atoms with E-state index in [-0.39, 0.29) is 5.75 Å². The lowest BCUT2D eigenvalue weighted by atomic mass is 10.3. The third-order valence-corrected chi connectivity index (χ3v) is 2.58. The molecule has 0 heterocycles. The van der Waals surface area contributed by atoms with Crippen LogP contribution >= 0.6 is 0 Å². The Bertz CT molecular complexity index is 416. The Labute approximate surface area is 92.3 Å². The standard InChI is InChI=1S/C9H8F2O4S/c1-16(14)7-4-2-6(3-5-7)15-9(10,11)8(12)13/h2-5H,1H3,(H,12,13)/p-1. The Hall–Kier alpha value is -1.50. The molecule has 1 aromatic carbocycles. The van der Waals surface area contributed by atoms with Crippen molar-refractivity contribution in [3.05, 3.63) is 24.3 Å². The van der Waals surface area contributed by atoms with Gasteiger partial charge < -0.3 is 14.6 Å². The summed E-state index contributed by atoms with van der Waals surface area (Å²) >= 11 is 0. The van der Waals surface area contributed by atoms with Crippen molar-refractivity contribution >= 4 is 16.8 Å². The third-order valence-electron chi connectivity index (χ3n) is 1.64. The minimum absolute atomic E-state index is 0.344. The molecular weight excluding hydrogens is 242 g/mol. The average molecular weight is 249 g/mol. The molecule has 0 spiro atoms. The minimum atomic E-state index is -4.38. The van der Waals surface area contributed by atoms with Crippen LogP contribution in [0, 0.1) is 0 Å². The molecule has 1 unspecified atom stereocenters. The number of carbonyl (C=O) groups excluding carboxylic acids is 1. The van der Waals surface area contributed by atoms with Gasteiger partial charge in [-0.1, -0.05) is 0 Å². The maximum absolute atomic E-state index is 12.5. The van der Waals surface area contributed by atoms with Gasteiger partial charge in [-0.05, 0) is 24.3 Å². The van der Waals surface area contributed by atoms with E-state index in [1.54, 1.807) is 0 Å². The Balaban J connectivity index is 2.84. The number of halogens is 2. The monoisotopic (exact) mass is 249 g/mol. The van der Waals surface area contributed by atoms with E-state index in [4.69, 9.17) is 0 Å². The summed E-state index contributed by atoms with van der Waals surface area (Å²) in [5.74, 6) is -2.96. The number of alkyl halides is 2. The van der Waals surface area contributed by atoms with Crippen molar-refractivity contribution in [3.8, 4) is 5.75 Å². The molecule has 0 aliphatic heterocycles. The summed E-state index contributed by atoms with van der Waals surface area (Å²) in [4.78, 5) is 10.4. The zero-order valence-electron chi connectivity index (χ0n) is 8.11. The van der Waals surface area contributed by atoms with Gasteiger partial charge in [-0.3, -0.25) is 4.21 Å². The van der Waals surface area contributed by atoms with E-state index in [0.29, 0.717) is 4.90 Å². The number of hydrogen-bond donors (Lipinski definition) is 0. The lowest BCUT2D eigenvalue weighted by Gasteiger charge is -2.18. The van der Waals surface area contributed by atoms with Crippen LogP contribution in [-0.4, -0.2) is 22.5 Å². The van der Waals surface area contributed by atoms with Crippen molar-refractivity contribution in [1.82, 2.24) is 0 Å². The molecule has 0 amide bonds. The Morgan fingerprint density at radius 1 is 1.38 bits per heavy atom. The van der Waals surface area contributed by atoms with Crippen LogP contribution in [0.15, 0.2) is 29.2 Å². The Kier molecular flexibility index (Phi) is 3.58. The number of carboxylic acids is 1. The second-order valence-corrected chi connectivity index (χ2v) is 4.21. The van der Waals surface area contributed by atoms with Crippen LogP contribution in [0.5, 0.6) is 5.75 Å². The molecule has 1 aromatic rings. The maximum Gasteiger partial charge on any atom is 0.441 e. The average Bonchev–Trinajstić information content (AvgIpc) is 2.17. The van der Waals surface area contributed by atoms with E-state index < -0.39 is 22.9 Å². The summed E-state index contributed by atoms with van der Waals surface area (Å²) in [6.07, 6.45) is -2.96. The second-order valence-electron chi connectivity index (χ2n) is 2.83. The molecule has 88 valence electrons. The number of ether oxygens (including phenoxy) is 1. The van der Waals surface area contributed by atoms with Crippen molar-refractivity contribution in [1.29, 1.82) is 0 Å². The molecule has 1 rings (SSSR count). The normalized spacial score (nSPS) is 13.2. The van der Waals surface area contributed by atoms with Gasteiger partial charge >= 0.3 is 6.11 Å². The van der Waals surface area contributed by atoms with Crippen LogP contribution in [-0.2, 0) is 15.6 Å².